The average Bonchev–Trinajstić information content (AvgIpc) is 3.31. The number of hydrazone groups is 1. The van der Waals surface area contributed by atoms with Gasteiger partial charge in [-0.1, -0.05) is 91.0 Å². The first kappa shape index (κ1) is 22.3. The quantitative estimate of drug-likeness (QED) is 0.330. The fourth-order valence-electron chi connectivity index (χ4n) is 5.97. The SMILES string of the molecule is COc1ccc(C2CC(=O)[C@H]3C(c4ccccc4)=NN(c4ccccc4)[C@]3(c3ccccc3)C2)cc1. The number of carbonyl (C=O) groups is 1. The molecule has 6 rings (SSSR count). The van der Waals surface area contributed by atoms with Crippen LogP contribution in [0.1, 0.15) is 35.4 Å². The minimum Gasteiger partial charge on any atom is -0.497 e. The number of anilines is 1. The number of para-hydroxylation sites is 1. The lowest BCUT2D eigenvalue weighted by Crippen LogP contribution is -2.53. The Morgan fingerprint density at radius 1 is 0.806 bits per heavy atom. The maximum absolute atomic E-state index is 14.2. The maximum Gasteiger partial charge on any atom is 0.145 e. The molecule has 4 heteroatoms. The van der Waals surface area contributed by atoms with E-state index in [4.69, 9.17) is 9.84 Å². The number of nitrogens with zero attached hydrogens (tertiary/aromatic N) is 2. The molecule has 1 saturated carbocycles. The van der Waals surface area contributed by atoms with Crippen LogP contribution in [-0.4, -0.2) is 18.6 Å². The molecule has 36 heavy (non-hydrogen) atoms. The number of methoxy groups -OCH3 is 1. The molecule has 0 radical (unpaired) electrons. The Morgan fingerprint density at radius 2 is 1.42 bits per heavy atom. The van der Waals surface area contributed by atoms with Gasteiger partial charge in [0, 0.05) is 6.42 Å². The molecule has 0 amide bonds. The van der Waals surface area contributed by atoms with Gasteiger partial charge in [-0.2, -0.15) is 5.10 Å². The Balaban J connectivity index is 1.56. The zero-order valence-corrected chi connectivity index (χ0v) is 20.2. The summed E-state index contributed by atoms with van der Waals surface area (Å²) < 4.78 is 5.38. The number of benzene rings is 4. The molecule has 0 bridgehead atoms. The van der Waals surface area contributed by atoms with Gasteiger partial charge in [-0.05, 0) is 53.3 Å². The Morgan fingerprint density at radius 3 is 2.06 bits per heavy atom. The van der Waals surface area contributed by atoms with Crippen LogP contribution < -0.4 is 9.75 Å². The molecular weight excluding hydrogens is 444 g/mol. The zero-order chi connectivity index (χ0) is 24.5. The Kier molecular flexibility index (Phi) is 5.65. The van der Waals surface area contributed by atoms with Crippen LogP contribution in [0.2, 0.25) is 0 Å². The maximum atomic E-state index is 14.2. The number of ketones is 1. The normalized spacial score (nSPS) is 23.2. The van der Waals surface area contributed by atoms with Crippen molar-refractivity contribution in [2.24, 2.45) is 11.0 Å². The van der Waals surface area contributed by atoms with Crippen molar-refractivity contribution in [3.8, 4) is 5.75 Å². The lowest BCUT2D eigenvalue weighted by Gasteiger charge is -2.47. The molecule has 4 aromatic carbocycles. The van der Waals surface area contributed by atoms with Crippen molar-refractivity contribution in [3.05, 3.63) is 132 Å². The number of hydrogen-bond donors (Lipinski definition) is 0. The molecule has 4 nitrogen and oxygen atoms in total. The van der Waals surface area contributed by atoms with Crippen LogP contribution in [0.5, 0.6) is 5.75 Å². The van der Waals surface area contributed by atoms with Gasteiger partial charge in [0.25, 0.3) is 0 Å². The first-order chi connectivity index (χ1) is 17.7. The molecule has 1 heterocycles. The van der Waals surface area contributed by atoms with Gasteiger partial charge in [-0.3, -0.25) is 9.80 Å². The second kappa shape index (κ2) is 9.12. The molecule has 178 valence electrons. The zero-order valence-electron chi connectivity index (χ0n) is 20.2. The lowest BCUT2D eigenvalue weighted by atomic mass is 9.61. The minimum atomic E-state index is -0.631. The second-order valence-corrected chi connectivity index (χ2v) is 9.57. The number of hydrogen-bond acceptors (Lipinski definition) is 4. The summed E-state index contributed by atoms with van der Waals surface area (Å²) in [7, 11) is 1.67. The Labute approximate surface area is 211 Å². The van der Waals surface area contributed by atoms with Crippen LogP contribution in [0.3, 0.4) is 0 Å². The summed E-state index contributed by atoms with van der Waals surface area (Å²) in [5.41, 5.74) is 4.46. The average molecular weight is 473 g/mol. The number of Topliss-reactive ketones (excluding diaryl/α,β-unsaturated/α-hetero) is 1. The molecule has 1 aliphatic carbocycles. The molecule has 2 aliphatic rings. The van der Waals surface area contributed by atoms with Crippen LogP contribution in [0, 0.1) is 5.92 Å². The minimum absolute atomic E-state index is 0.0661. The first-order valence-corrected chi connectivity index (χ1v) is 12.4. The van der Waals surface area contributed by atoms with E-state index >= 15 is 0 Å². The Bertz CT molecular complexity index is 1380. The van der Waals surface area contributed by atoms with Gasteiger partial charge in [-0.15, -0.1) is 0 Å². The standard InChI is InChI=1S/C32H28N2O2/c1-36-28-19-17-23(18-20-28)25-21-29(35)30-31(24-11-5-2-6-12-24)33-34(27-15-9-4-10-16-27)32(30,22-25)26-13-7-3-8-14-26/h2-20,25,30H,21-22H2,1H3/t25?,30-,32-/m0/s1. The highest BCUT2D eigenvalue weighted by Gasteiger charge is 2.59. The predicted molar refractivity (Wildman–Crippen MR) is 143 cm³/mol. The van der Waals surface area contributed by atoms with E-state index in [-0.39, 0.29) is 17.6 Å². The predicted octanol–water partition coefficient (Wildman–Crippen LogP) is 6.58. The molecule has 0 saturated heterocycles. The summed E-state index contributed by atoms with van der Waals surface area (Å²) >= 11 is 0. The molecule has 1 fully saturated rings. The van der Waals surface area contributed by atoms with E-state index in [9.17, 15) is 4.79 Å². The van der Waals surface area contributed by atoms with E-state index < -0.39 is 5.54 Å². The molecule has 4 aromatic rings. The first-order valence-electron chi connectivity index (χ1n) is 12.4. The topological polar surface area (TPSA) is 41.9 Å². The van der Waals surface area contributed by atoms with E-state index in [1.165, 1.54) is 0 Å². The van der Waals surface area contributed by atoms with Gasteiger partial charge in [0.05, 0.1) is 24.4 Å². The van der Waals surface area contributed by atoms with E-state index in [1.807, 2.05) is 54.6 Å². The van der Waals surface area contributed by atoms with Crippen LogP contribution in [0.25, 0.3) is 0 Å². The van der Waals surface area contributed by atoms with Crippen molar-refractivity contribution in [2.45, 2.75) is 24.3 Å². The number of carbonyl (C=O) groups excluding carboxylic acids is 1. The van der Waals surface area contributed by atoms with E-state index in [2.05, 4.69) is 65.7 Å². The van der Waals surface area contributed by atoms with Gasteiger partial charge >= 0.3 is 0 Å². The van der Waals surface area contributed by atoms with E-state index in [0.717, 1.165) is 40.3 Å². The van der Waals surface area contributed by atoms with Crippen molar-refractivity contribution < 1.29 is 9.53 Å². The van der Waals surface area contributed by atoms with Crippen molar-refractivity contribution in [2.75, 3.05) is 12.1 Å². The third-order valence-corrected chi connectivity index (χ3v) is 7.60. The molecule has 1 unspecified atom stereocenters. The van der Waals surface area contributed by atoms with Crippen molar-refractivity contribution in [1.82, 2.24) is 0 Å². The van der Waals surface area contributed by atoms with Gasteiger partial charge in [0.2, 0.25) is 0 Å². The number of rotatable bonds is 5. The van der Waals surface area contributed by atoms with Gasteiger partial charge < -0.3 is 4.74 Å². The molecule has 0 N–H and O–H groups in total. The fourth-order valence-corrected chi connectivity index (χ4v) is 5.97. The van der Waals surface area contributed by atoms with Gasteiger partial charge in [0.1, 0.15) is 17.1 Å². The van der Waals surface area contributed by atoms with E-state index in [0.29, 0.717) is 6.42 Å². The fraction of sp³-hybridized carbons (Fsp3) is 0.188. The van der Waals surface area contributed by atoms with Crippen LogP contribution in [-0.2, 0) is 10.3 Å². The highest BCUT2D eigenvalue weighted by atomic mass is 16.5. The number of fused-ring (bicyclic) bond motifs is 1. The summed E-state index contributed by atoms with van der Waals surface area (Å²) in [5.74, 6) is 0.748. The van der Waals surface area contributed by atoms with Gasteiger partial charge in [0.15, 0.2) is 0 Å². The molecule has 3 atom stereocenters. The van der Waals surface area contributed by atoms with Gasteiger partial charge in [-0.25, -0.2) is 0 Å². The molecule has 1 aliphatic heterocycles. The Hall–Kier alpha value is -4.18. The summed E-state index contributed by atoms with van der Waals surface area (Å²) in [5, 5.41) is 7.36. The third kappa shape index (κ3) is 3.61. The van der Waals surface area contributed by atoms with E-state index in [1.54, 1.807) is 7.11 Å². The highest BCUT2D eigenvalue weighted by molar-refractivity contribution is 6.17. The molecular formula is C32H28N2O2. The molecule has 0 aromatic heterocycles. The van der Waals surface area contributed by atoms with Crippen LogP contribution in [0.15, 0.2) is 120 Å². The van der Waals surface area contributed by atoms with Crippen molar-refractivity contribution in [1.29, 1.82) is 0 Å². The lowest BCUT2D eigenvalue weighted by molar-refractivity contribution is -0.125. The monoisotopic (exact) mass is 472 g/mol. The molecule has 0 spiro atoms. The largest absolute Gasteiger partial charge is 0.497 e. The summed E-state index contributed by atoms with van der Waals surface area (Å²) in [6, 6.07) is 39.0. The van der Waals surface area contributed by atoms with Crippen molar-refractivity contribution >= 4 is 17.2 Å². The summed E-state index contributed by atoms with van der Waals surface area (Å²) in [6.07, 6.45) is 1.26. The highest BCUT2D eigenvalue weighted by Crippen LogP contribution is 2.55. The number of ether oxygens (including phenoxy) is 1. The summed E-state index contributed by atoms with van der Waals surface area (Å²) in [6.45, 7) is 0. The summed E-state index contributed by atoms with van der Waals surface area (Å²) in [4.78, 5) is 14.2. The van der Waals surface area contributed by atoms with Crippen molar-refractivity contribution in [3.63, 3.8) is 0 Å². The third-order valence-electron chi connectivity index (χ3n) is 7.60. The smallest absolute Gasteiger partial charge is 0.145 e. The van der Waals surface area contributed by atoms with Crippen LogP contribution in [0.4, 0.5) is 5.69 Å². The second-order valence-electron chi connectivity index (χ2n) is 9.57. The van der Waals surface area contributed by atoms with Crippen LogP contribution >= 0.6 is 0 Å².